The fraction of sp³-hybridized carbons (Fsp3) is 0.0588. The number of carbonyl (C=O) groups excluding carboxylic acids is 1. The minimum Gasteiger partial charge on any atom is -0.508 e. The van der Waals surface area contributed by atoms with Crippen LogP contribution in [0.4, 0.5) is 5.82 Å². The van der Waals surface area contributed by atoms with Gasteiger partial charge in [0.2, 0.25) is 0 Å². The number of nitrogens with two attached hydrogens (primary N) is 2. The maximum absolute atomic E-state index is 11.9. The maximum atomic E-state index is 11.9. The topological polar surface area (TPSA) is 107 Å². The van der Waals surface area contributed by atoms with Crippen molar-refractivity contribution in [1.29, 1.82) is 0 Å². The van der Waals surface area contributed by atoms with Crippen LogP contribution in [-0.2, 0) is 0 Å². The average Bonchev–Trinajstić information content (AvgIpc) is 2.88. The van der Waals surface area contributed by atoms with Crippen molar-refractivity contribution >= 4 is 23.3 Å². The van der Waals surface area contributed by atoms with E-state index in [1.54, 1.807) is 36.4 Å². The lowest BCUT2D eigenvalue weighted by Gasteiger charge is -2.08. The summed E-state index contributed by atoms with van der Waals surface area (Å²) < 4.78 is 1.40. The first kappa shape index (κ1) is 15.9. The van der Waals surface area contributed by atoms with Gasteiger partial charge in [-0.15, -0.1) is 0 Å². The maximum Gasteiger partial charge on any atom is 0.254 e. The van der Waals surface area contributed by atoms with Gasteiger partial charge < -0.3 is 16.6 Å². The minimum absolute atomic E-state index is 0.0687. The molecule has 0 saturated carbocycles. The summed E-state index contributed by atoms with van der Waals surface area (Å²) in [5.74, 6) is -0.498. The van der Waals surface area contributed by atoms with Crippen LogP contribution in [0.2, 0.25) is 5.02 Å². The molecule has 0 aliphatic heterocycles. The van der Waals surface area contributed by atoms with Crippen molar-refractivity contribution in [2.45, 2.75) is 6.92 Å². The number of phenols is 1. The molecule has 5 N–H and O–H groups in total. The zero-order valence-electron chi connectivity index (χ0n) is 12.8. The highest BCUT2D eigenvalue weighted by Gasteiger charge is 2.23. The minimum atomic E-state index is -0.679. The molecule has 0 bridgehead atoms. The number of hydrogen-bond donors (Lipinski definition) is 3. The van der Waals surface area contributed by atoms with Crippen LogP contribution in [-0.4, -0.2) is 20.8 Å². The van der Waals surface area contributed by atoms with Crippen LogP contribution >= 0.6 is 11.6 Å². The Labute approximate surface area is 143 Å². The zero-order valence-corrected chi connectivity index (χ0v) is 13.6. The molecule has 0 aliphatic carbocycles. The predicted molar refractivity (Wildman–Crippen MR) is 93.3 cm³/mol. The summed E-state index contributed by atoms with van der Waals surface area (Å²) in [5.41, 5.74) is 14.2. The van der Waals surface area contributed by atoms with E-state index in [0.717, 1.165) is 5.56 Å². The van der Waals surface area contributed by atoms with Gasteiger partial charge in [-0.25, -0.2) is 4.68 Å². The number of aromatic hydroxyl groups is 1. The molecule has 1 heterocycles. The normalized spacial score (nSPS) is 10.8. The number of benzene rings is 2. The Kier molecular flexibility index (Phi) is 3.91. The second-order valence-electron chi connectivity index (χ2n) is 5.36. The number of amides is 1. The van der Waals surface area contributed by atoms with Crippen LogP contribution < -0.4 is 11.5 Å². The molecular weight excluding hydrogens is 328 g/mol. The fourth-order valence-electron chi connectivity index (χ4n) is 2.49. The van der Waals surface area contributed by atoms with Gasteiger partial charge in [0.1, 0.15) is 22.8 Å². The smallest absolute Gasteiger partial charge is 0.254 e. The number of nitrogen functional groups attached to an aromatic ring is 1. The van der Waals surface area contributed by atoms with Gasteiger partial charge in [-0.2, -0.15) is 5.10 Å². The van der Waals surface area contributed by atoms with Crippen molar-refractivity contribution < 1.29 is 9.90 Å². The summed E-state index contributed by atoms with van der Waals surface area (Å²) in [7, 11) is 0. The predicted octanol–water partition coefficient (Wildman–Crippen LogP) is 2.89. The van der Waals surface area contributed by atoms with Crippen LogP contribution in [0.15, 0.2) is 42.5 Å². The van der Waals surface area contributed by atoms with Gasteiger partial charge in [0.05, 0.1) is 5.69 Å². The van der Waals surface area contributed by atoms with Crippen molar-refractivity contribution in [3.63, 3.8) is 0 Å². The molecular formula is C17H15ClN4O2. The highest BCUT2D eigenvalue weighted by atomic mass is 35.5. The molecule has 1 amide bonds. The zero-order chi connectivity index (χ0) is 17.4. The van der Waals surface area contributed by atoms with Crippen LogP contribution in [0.5, 0.6) is 5.75 Å². The lowest BCUT2D eigenvalue weighted by molar-refractivity contribution is 0.100. The van der Waals surface area contributed by atoms with Crippen LogP contribution in [0.1, 0.15) is 15.9 Å². The van der Waals surface area contributed by atoms with Crippen LogP contribution in [0, 0.1) is 6.92 Å². The van der Waals surface area contributed by atoms with E-state index in [0.29, 0.717) is 22.0 Å². The van der Waals surface area contributed by atoms with Crippen molar-refractivity contribution in [1.82, 2.24) is 9.78 Å². The van der Waals surface area contributed by atoms with E-state index in [1.807, 2.05) is 6.92 Å². The first-order chi connectivity index (χ1) is 11.4. The molecule has 24 heavy (non-hydrogen) atoms. The van der Waals surface area contributed by atoms with Crippen molar-refractivity contribution in [2.75, 3.05) is 5.73 Å². The van der Waals surface area contributed by atoms with E-state index in [9.17, 15) is 9.90 Å². The Morgan fingerprint density at radius 2 is 1.88 bits per heavy atom. The van der Waals surface area contributed by atoms with E-state index in [-0.39, 0.29) is 17.1 Å². The number of phenolic OH excluding ortho intramolecular Hbond substituents is 1. The number of hydrogen-bond acceptors (Lipinski definition) is 4. The molecule has 0 atom stereocenters. The van der Waals surface area contributed by atoms with Crippen LogP contribution in [0.25, 0.3) is 16.9 Å². The van der Waals surface area contributed by atoms with Gasteiger partial charge >= 0.3 is 0 Å². The molecule has 6 nitrogen and oxygen atoms in total. The Balaban J connectivity index is 2.26. The van der Waals surface area contributed by atoms with Crippen molar-refractivity contribution in [3.05, 3.63) is 58.6 Å². The van der Waals surface area contributed by atoms with Crippen molar-refractivity contribution in [3.8, 4) is 22.7 Å². The third-order valence-electron chi connectivity index (χ3n) is 3.71. The lowest BCUT2D eigenvalue weighted by Crippen LogP contribution is -2.14. The highest BCUT2D eigenvalue weighted by molar-refractivity contribution is 6.30. The van der Waals surface area contributed by atoms with E-state index in [1.165, 1.54) is 10.7 Å². The third-order valence-corrected chi connectivity index (χ3v) is 3.96. The van der Waals surface area contributed by atoms with Crippen molar-refractivity contribution in [2.24, 2.45) is 5.73 Å². The highest BCUT2D eigenvalue weighted by Crippen LogP contribution is 2.31. The number of aryl methyl sites for hydroxylation is 1. The largest absolute Gasteiger partial charge is 0.508 e. The molecule has 0 fully saturated rings. The summed E-state index contributed by atoms with van der Waals surface area (Å²) in [4.78, 5) is 11.9. The summed E-state index contributed by atoms with van der Waals surface area (Å²) in [6, 6.07) is 11.7. The van der Waals surface area contributed by atoms with Gasteiger partial charge in [-0.1, -0.05) is 29.8 Å². The molecule has 1 aromatic heterocycles. The first-order valence-electron chi connectivity index (χ1n) is 7.12. The standard InChI is InChI=1S/C17H15ClN4O2/c1-9-2-7-12(23)8-13(9)22-16(19)14(17(20)24)15(21-22)10-3-5-11(18)6-4-10/h2-8,23H,19H2,1H3,(H2,20,24). The Hall–Kier alpha value is -2.99. The molecule has 0 radical (unpaired) electrons. The molecule has 122 valence electrons. The van der Waals surface area contributed by atoms with Gasteiger partial charge in [0.25, 0.3) is 5.91 Å². The van der Waals surface area contributed by atoms with E-state index in [4.69, 9.17) is 23.1 Å². The number of nitrogens with zero attached hydrogens (tertiary/aromatic N) is 2. The summed E-state index contributed by atoms with van der Waals surface area (Å²) >= 11 is 5.90. The summed E-state index contributed by atoms with van der Waals surface area (Å²) in [6.45, 7) is 1.85. The monoisotopic (exact) mass is 342 g/mol. The fourth-order valence-corrected chi connectivity index (χ4v) is 2.62. The van der Waals surface area contributed by atoms with Gasteiger partial charge in [-0.05, 0) is 30.7 Å². The third kappa shape index (κ3) is 2.68. The number of anilines is 1. The molecule has 3 aromatic rings. The Morgan fingerprint density at radius 3 is 2.50 bits per heavy atom. The molecule has 0 aliphatic rings. The van der Waals surface area contributed by atoms with Gasteiger partial charge in [0.15, 0.2) is 0 Å². The number of aromatic nitrogens is 2. The number of rotatable bonds is 3. The SMILES string of the molecule is Cc1ccc(O)cc1-n1nc(-c2ccc(Cl)cc2)c(C(N)=O)c1N. The number of primary amides is 1. The Morgan fingerprint density at radius 1 is 1.21 bits per heavy atom. The van der Waals surface area contributed by atoms with Gasteiger partial charge in [0, 0.05) is 16.7 Å². The molecule has 2 aromatic carbocycles. The molecule has 3 rings (SSSR count). The first-order valence-corrected chi connectivity index (χ1v) is 7.50. The number of carbonyl (C=O) groups is 1. The quantitative estimate of drug-likeness (QED) is 0.680. The van der Waals surface area contributed by atoms with E-state index < -0.39 is 5.91 Å². The van der Waals surface area contributed by atoms with Crippen LogP contribution in [0.3, 0.4) is 0 Å². The number of halogens is 1. The molecule has 0 saturated heterocycles. The van der Waals surface area contributed by atoms with Gasteiger partial charge in [-0.3, -0.25) is 4.79 Å². The molecule has 0 spiro atoms. The second kappa shape index (κ2) is 5.90. The Bertz CT molecular complexity index is 933. The molecule has 0 unspecified atom stereocenters. The summed E-state index contributed by atoms with van der Waals surface area (Å²) in [5, 5.41) is 14.7. The second-order valence-corrected chi connectivity index (χ2v) is 5.80. The average molecular weight is 343 g/mol. The lowest BCUT2D eigenvalue weighted by atomic mass is 10.1. The van der Waals surface area contributed by atoms with E-state index >= 15 is 0 Å². The summed E-state index contributed by atoms with van der Waals surface area (Å²) in [6.07, 6.45) is 0. The molecule has 7 heteroatoms. The van der Waals surface area contributed by atoms with E-state index in [2.05, 4.69) is 5.10 Å².